The van der Waals surface area contributed by atoms with Crippen molar-refractivity contribution in [3.63, 3.8) is 0 Å². The zero-order valence-electron chi connectivity index (χ0n) is 6.92. The summed E-state index contributed by atoms with van der Waals surface area (Å²) in [5, 5.41) is 2.58. The number of hydrogen-bond acceptors (Lipinski definition) is 2. The van der Waals surface area contributed by atoms with Gasteiger partial charge in [0, 0.05) is 0 Å². The maximum absolute atomic E-state index is 11.0. The van der Waals surface area contributed by atoms with E-state index in [1.54, 1.807) is 6.92 Å². The predicted molar refractivity (Wildman–Crippen MR) is 44.7 cm³/mol. The Kier molecular flexibility index (Phi) is 4.32. The van der Waals surface area contributed by atoms with Gasteiger partial charge in [-0.15, -0.1) is 6.42 Å². The molecule has 3 N–H and O–H groups in total. The van der Waals surface area contributed by atoms with E-state index in [2.05, 4.69) is 11.2 Å². The highest BCUT2D eigenvalue weighted by Crippen LogP contribution is 1.87. The van der Waals surface area contributed by atoms with E-state index in [9.17, 15) is 4.79 Å². The fraction of sp³-hybridized carbons (Fsp3) is 0.625. The van der Waals surface area contributed by atoms with E-state index in [0.717, 1.165) is 0 Å². The van der Waals surface area contributed by atoms with Gasteiger partial charge in [0.25, 0.3) is 0 Å². The lowest BCUT2D eigenvalue weighted by Crippen LogP contribution is -2.43. The van der Waals surface area contributed by atoms with Crippen molar-refractivity contribution in [2.45, 2.75) is 32.4 Å². The maximum Gasteiger partial charge on any atom is 0.237 e. The first-order valence-corrected chi connectivity index (χ1v) is 3.63. The summed E-state index contributed by atoms with van der Waals surface area (Å²) in [6.07, 6.45) is 5.68. The second kappa shape index (κ2) is 4.75. The summed E-state index contributed by atoms with van der Waals surface area (Å²) in [4.78, 5) is 11.0. The number of carbonyl (C=O) groups excluding carboxylic acids is 1. The zero-order valence-corrected chi connectivity index (χ0v) is 6.92. The molecule has 0 aromatic heterocycles. The normalized spacial score (nSPS) is 14.7. The van der Waals surface area contributed by atoms with Gasteiger partial charge >= 0.3 is 0 Å². The van der Waals surface area contributed by atoms with Crippen LogP contribution in [0.4, 0.5) is 0 Å². The largest absolute Gasteiger partial charge is 0.341 e. The van der Waals surface area contributed by atoms with Crippen LogP contribution in [-0.4, -0.2) is 18.0 Å². The summed E-state index contributed by atoms with van der Waals surface area (Å²) in [5.41, 5.74) is 5.44. The number of amides is 1. The molecule has 62 valence electrons. The standard InChI is InChI=1S/C8H14N2O/c1-4-6(3)10-8(11)7(9)5-2/h1,6-7H,5,9H2,2-3H3,(H,10,11)/t6?,7-/m1/s1. The molecule has 3 nitrogen and oxygen atoms in total. The van der Waals surface area contributed by atoms with Crippen LogP contribution in [0.1, 0.15) is 20.3 Å². The third-order valence-electron chi connectivity index (χ3n) is 1.39. The van der Waals surface area contributed by atoms with Crippen molar-refractivity contribution in [1.29, 1.82) is 0 Å². The van der Waals surface area contributed by atoms with Crippen LogP contribution in [0.5, 0.6) is 0 Å². The number of rotatable bonds is 3. The summed E-state index contributed by atoms with van der Waals surface area (Å²) in [6, 6.07) is -0.675. The van der Waals surface area contributed by atoms with Gasteiger partial charge in [0.15, 0.2) is 0 Å². The molecule has 11 heavy (non-hydrogen) atoms. The highest BCUT2D eigenvalue weighted by molar-refractivity contribution is 5.81. The molecule has 1 unspecified atom stereocenters. The molecule has 0 rings (SSSR count). The van der Waals surface area contributed by atoms with Crippen LogP contribution in [0, 0.1) is 12.3 Å². The van der Waals surface area contributed by atoms with Gasteiger partial charge in [-0.25, -0.2) is 0 Å². The van der Waals surface area contributed by atoms with Crippen molar-refractivity contribution in [3.05, 3.63) is 0 Å². The van der Waals surface area contributed by atoms with E-state index in [1.165, 1.54) is 0 Å². The lowest BCUT2D eigenvalue weighted by atomic mass is 10.2. The number of nitrogens with one attached hydrogen (secondary N) is 1. The molecule has 0 radical (unpaired) electrons. The average Bonchev–Trinajstić information content (AvgIpc) is 2.02. The second-order valence-corrected chi connectivity index (χ2v) is 2.41. The van der Waals surface area contributed by atoms with Crippen molar-refractivity contribution in [3.8, 4) is 12.3 Å². The molecule has 3 heteroatoms. The molecule has 0 saturated heterocycles. The van der Waals surface area contributed by atoms with Crippen LogP contribution < -0.4 is 11.1 Å². The van der Waals surface area contributed by atoms with E-state index in [0.29, 0.717) is 6.42 Å². The average molecular weight is 154 g/mol. The molecule has 0 fully saturated rings. The third kappa shape index (κ3) is 3.64. The molecule has 0 bridgehead atoms. The third-order valence-corrected chi connectivity index (χ3v) is 1.39. The van der Waals surface area contributed by atoms with E-state index in [1.807, 2.05) is 6.92 Å². The van der Waals surface area contributed by atoms with Crippen LogP contribution in [0.15, 0.2) is 0 Å². The van der Waals surface area contributed by atoms with E-state index < -0.39 is 6.04 Å². The molecule has 0 saturated carbocycles. The van der Waals surface area contributed by atoms with Gasteiger partial charge in [0.1, 0.15) is 0 Å². The van der Waals surface area contributed by atoms with Crippen molar-refractivity contribution >= 4 is 5.91 Å². The van der Waals surface area contributed by atoms with Gasteiger partial charge in [-0.3, -0.25) is 4.79 Å². The number of nitrogens with two attached hydrogens (primary N) is 1. The van der Waals surface area contributed by atoms with Crippen LogP contribution in [0.25, 0.3) is 0 Å². The van der Waals surface area contributed by atoms with E-state index in [4.69, 9.17) is 12.2 Å². The molecule has 0 aliphatic rings. The minimum Gasteiger partial charge on any atom is -0.341 e. The van der Waals surface area contributed by atoms with Crippen LogP contribution in [0.3, 0.4) is 0 Å². The summed E-state index contributed by atoms with van der Waals surface area (Å²) in [6.45, 7) is 3.59. The Balaban J connectivity index is 3.80. The van der Waals surface area contributed by atoms with Gasteiger partial charge in [-0.1, -0.05) is 12.8 Å². The lowest BCUT2D eigenvalue weighted by molar-refractivity contribution is -0.122. The lowest BCUT2D eigenvalue weighted by Gasteiger charge is -2.11. The Morgan fingerprint density at radius 2 is 2.36 bits per heavy atom. The molecule has 0 heterocycles. The zero-order chi connectivity index (χ0) is 8.85. The van der Waals surface area contributed by atoms with Gasteiger partial charge < -0.3 is 11.1 Å². The first kappa shape index (κ1) is 9.99. The monoisotopic (exact) mass is 154 g/mol. The smallest absolute Gasteiger partial charge is 0.237 e. The Bertz CT molecular complexity index is 171. The fourth-order valence-corrected chi connectivity index (χ4v) is 0.547. The summed E-state index contributed by atoms with van der Waals surface area (Å²) in [5.74, 6) is 2.20. The van der Waals surface area contributed by atoms with Gasteiger partial charge in [-0.2, -0.15) is 0 Å². The Morgan fingerprint density at radius 3 is 2.73 bits per heavy atom. The first-order valence-electron chi connectivity index (χ1n) is 3.63. The predicted octanol–water partition coefficient (Wildman–Crippen LogP) is -0.138. The van der Waals surface area contributed by atoms with Gasteiger partial charge in [0.2, 0.25) is 5.91 Å². The maximum atomic E-state index is 11.0. The number of hydrogen-bond donors (Lipinski definition) is 2. The SMILES string of the molecule is C#CC(C)NC(=O)[C@H](N)CC. The van der Waals surface area contributed by atoms with Crippen molar-refractivity contribution in [1.82, 2.24) is 5.32 Å². The molecular formula is C8H14N2O. The molecule has 2 atom stereocenters. The van der Waals surface area contributed by atoms with E-state index in [-0.39, 0.29) is 11.9 Å². The number of terminal acetylenes is 1. The molecule has 0 aromatic carbocycles. The second-order valence-electron chi connectivity index (χ2n) is 2.41. The van der Waals surface area contributed by atoms with Crippen molar-refractivity contribution in [2.75, 3.05) is 0 Å². The molecular weight excluding hydrogens is 140 g/mol. The quantitative estimate of drug-likeness (QED) is 0.556. The first-order chi connectivity index (χ1) is 5.11. The fourth-order valence-electron chi connectivity index (χ4n) is 0.547. The van der Waals surface area contributed by atoms with Crippen molar-refractivity contribution < 1.29 is 4.79 Å². The summed E-state index contributed by atoms with van der Waals surface area (Å²) < 4.78 is 0. The molecule has 0 aliphatic heterocycles. The van der Waals surface area contributed by atoms with Gasteiger partial charge in [0.05, 0.1) is 12.1 Å². The molecule has 1 amide bonds. The summed E-state index contributed by atoms with van der Waals surface area (Å²) >= 11 is 0. The number of carbonyl (C=O) groups is 1. The molecule has 0 spiro atoms. The van der Waals surface area contributed by atoms with Crippen LogP contribution in [0.2, 0.25) is 0 Å². The molecule has 0 aliphatic carbocycles. The minimum atomic E-state index is -0.439. The highest BCUT2D eigenvalue weighted by atomic mass is 16.2. The van der Waals surface area contributed by atoms with Crippen LogP contribution >= 0.6 is 0 Å². The van der Waals surface area contributed by atoms with Crippen LogP contribution in [-0.2, 0) is 4.79 Å². The molecule has 0 aromatic rings. The Hall–Kier alpha value is -1.01. The Morgan fingerprint density at radius 1 is 1.82 bits per heavy atom. The summed E-state index contributed by atoms with van der Waals surface area (Å²) in [7, 11) is 0. The van der Waals surface area contributed by atoms with Crippen molar-refractivity contribution in [2.24, 2.45) is 5.73 Å². The minimum absolute atomic E-state index is 0.182. The highest BCUT2D eigenvalue weighted by Gasteiger charge is 2.11. The van der Waals surface area contributed by atoms with E-state index >= 15 is 0 Å². The topological polar surface area (TPSA) is 55.1 Å². The Labute approximate surface area is 67.3 Å². The van der Waals surface area contributed by atoms with Gasteiger partial charge in [-0.05, 0) is 13.3 Å².